The van der Waals surface area contributed by atoms with Crippen molar-refractivity contribution in [2.45, 2.75) is 4.31 Å². The molecule has 0 amide bonds. The lowest BCUT2D eigenvalue weighted by atomic mass is 10.2. The van der Waals surface area contributed by atoms with Crippen LogP contribution >= 0.6 is 17.0 Å². The molecule has 1 aromatic carbocycles. The Balaban J connectivity index is 0.00000128. The maximum Gasteiger partial charge on any atom is 0.600 e. The second kappa shape index (κ2) is 5.33. The number of fused-ring (bicyclic) bond motifs is 1. The molecule has 0 atom stereocenters. The van der Waals surface area contributed by atoms with Crippen LogP contribution in [0.1, 0.15) is 0 Å². The van der Waals surface area contributed by atoms with Crippen molar-refractivity contribution in [1.29, 1.82) is 0 Å². The van der Waals surface area contributed by atoms with E-state index in [0.717, 1.165) is 5.39 Å². The highest BCUT2D eigenvalue weighted by Crippen LogP contribution is 2.13. The zero-order valence-electron chi connectivity index (χ0n) is 8.16. The highest BCUT2D eigenvalue weighted by Gasteiger charge is 2.33. The summed E-state index contributed by atoms with van der Waals surface area (Å²) in [5, 5.41) is 0.873. The summed E-state index contributed by atoms with van der Waals surface area (Å²) < 4.78 is 32.6. The summed E-state index contributed by atoms with van der Waals surface area (Å²) >= 11 is -2.27. The number of hydrogen-bond donors (Lipinski definition) is 0. The van der Waals surface area contributed by atoms with Crippen LogP contribution < -0.4 is 3.82 Å². The van der Waals surface area contributed by atoms with Gasteiger partial charge in [-0.05, 0) is 11.5 Å². The zero-order valence-corrected chi connectivity index (χ0v) is 11.3. The molecule has 1 heterocycles. The number of hydrogen-bond acceptors (Lipinski definition) is 1. The van der Waals surface area contributed by atoms with E-state index >= 15 is 0 Å². The third kappa shape index (κ3) is 3.60. The molecule has 0 aliphatic heterocycles. The van der Waals surface area contributed by atoms with Crippen LogP contribution in [0.15, 0.2) is 36.4 Å². The molecule has 6 heteroatoms. The number of nitrogens with zero attached hydrogens (tertiary/aromatic N) is 1. The molecule has 0 aliphatic rings. The normalized spacial score (nSPS) is 10.7. The Kier molecular flexibility index (Phi) is 4.58. The Morgan fingerprint density at radius 3 is 2.38 bits per heavy atom. The van der Waals surface area contributed by atoms with E-state index in [4.69, 9.17) is 0 Å². The lowest BCUT2D eigenvalue weighted by Gasteiger charge is -2.05. The van der Waals surface area contributed by atoms with Crippen LogP contribution in [-0.2, 0) is 0 Å². The lowest BCUT2D eigenvalue weighted by molar-refractivity contribution is -0.0455. The summed E-state index contributed by atoms with van der Waals surface area (Å²) in [7, 11) is 0. The van der Waals surface area contributed by atoms with Gasteiger partial charge >= 0.3 is 20.4 Å². The molecule has 0 fully saturated rings. The van der Waals surface area contributed by atoms with Crippen molar-refractivity contribution < 1.29 is 13.2 Å². The minimum Gasteiger partial charge on any atom is -0.285 e. The molecule has 0 radical (unpaired) electrons. The fourth-order valence-electron chi connectivity index (χ4n) is 1.41. The highest BCUT2D eigenvalue weighted by molar-refractivity contribution is 8.93. The second-order valence-corrected chi connectivity index (χ2v) is 5.17. The van der Waals surface area contributed by atoms with Crippen molar-refractivity contribution in [2.75, 3.05) is 0 Å². The van der Waals surface area contributed by atoms with Crippen LogP contribution in [0.4, 0.5) is 13.2 Å². The van der Waals surface area contributed by atoms with Crippen LogP contribution in [0.25, 0.3) is 10.9 Å². The number of para-hydroxylation sites is 1. The third-order valence-corrected chi connectivity index (χ3v) is 3.19. The molecule has 1 aromatic heterocycles. The molecular formula is C10H7BrF3MgN. The molecule has 0 saturated heterocycles. The minimum absolute atomic E-state index is 0. The number of halogens is 4. The van der Waals surface area contributed by atoms with E-state index in [1.165, 1.54) is 6.07 Å². The van der Waals surface area contributed by atoms with Crippen LogP contribution in [-0.4, -0.2) is 29.7 Å². The predicted octanol–water partition coefficient (Wildman–Crippen LogP) is 2.66. The van der Waals surface area contributed by atoms with Gasteiger partial charge in [-0.25, -0.2) is 13.2 Å². The molecular weight excluding hydrogens is 295 g/mol. The van der Waals surface area contributed by atoms with Gasteiger partial charge in [-0.3, -0.25) is 4.98 Å². The van der Waals surface area contributed by atoms with E-state index in [1.54, 1.807) is 18.2 Å². The number of aromatic nitrogens is 1. The van der Waals surface area contributed by atoms with Crippen molar-refractivity contribution in [3.8, 4) is 0 Å². The van der Waals surface area contributed by atoms with Gasteiger partial charge in [-0.1, -0.05) is 34.2 Å². The van der Waals surface area contributed by atoms with Gasteiger partial charge in [0, 0.05) is 0 Å². The molecule has 0 unspecified atom stereocenters. The van der Waals surface area contributed by atoms with Crippen LogP contribution in [0.5, 0.6) is 0 Å². The third-order valence-electron chi connectivity index (χ3n) is 2.04. The van der Waals surface area contributed by atoms with E-state index < -0.39 is 24.7 Å². The van der Waals surface area contributed by atoms with E-state index in [-0.39, 0.29) is 20.8 Å². The molecule has 0 saturated carbocycles. The molecule has 2 aromatic rings. The van der Waals surface area contributed by atoms with Crippen LogP contribution in [0, 0.1) is 0 Å². The Labute approximate surface area is 111 Å². The number of rotatable bonds is 1. The average molecular weight is 302 g/mol. The van der Waals surface area contributed by atoms with Gasteiger partial charge in [0.15, 0.2) is 0 Å². The zero-order chi connectivity index (χ0) is 10.9. The van der Waals surface area contributed by atoms with Gasteiger partial charge in [0.2, 0.25) is 0 Å². The molecule has 82 valence electrons. The summed E-state index contributed by atoms with van der Waals surface area (Å²) in [6, 6.07) is 10.3. The highest BCUT2D eigenvalue weighted by atomic mass is 79.9. The van der Waals surface area contributed by atoms with Gasteiger partial charge in [0.25, 0.3) is 4.31 Å². The van der Waals surface area contributed by atoms with Gasteiger partial charge < -0.3 is 0 Å². The molecule has 0 bridgehead atoms. The number of benzene rings is 1. The maximum absolute atomic E-state index is 12.2. The van der Waals surface area contributed by atoms with Gasteiger partial charge in [-0.2, -0.15) is 0 Å². The van der Waals surface area contributed by atoms with E-state index in [0.29, 0.717) is 5.52 Å². The van der Waals surface area contributed by atoms with E-state index in [1.807, 2.05) is 12.1 Å². The minimum atomic E-state index is -4.06. The predicted molar refractivity (Wildman–Crippen MR) is 63.5 cm³/mol. The topological polar surface area (TPSA) is 12.9 Å². The monoisotopic (exact) mass is 301 g/mol. The smallest absolute Gasteiger partial charge is 0.285 e. The number of pyridine rings is 1. The SMILES string of the molecule is Br.F[C](F)(F)[Mg][c]1ccc2ccccc2n1. The van der Waals surface area contributed by atoms with Crippen molar-refractivity contribution >= 4 is 52.1 Å². The summed E-state index contributed by atoms with van der Waals surface area (Å²) in [5.74, 6) is 0. The largest absolute Gasteiger partial charge is 0.600 e. The van der Waals surface area contributed by atoms with Crippen molar-refractivity contribution in [2.24, 2.45) is 0 Å². The Morgan fingerprint density at radius 1 is 1.00 bits per heavy atom. The van der Waals surface area contributed by atoms with Gasteiger partial charge in [0.1, 0.15) is 0 Å². The Bertz CT molecular complexity index is 487. The summed E-state index contributed by atoms with van der Waals surface area (Å²) in [4.78, 5) is 4.00. The van der Waals surface area contributed by atoms with E-state index in [2.05, 4.69) is 4.98 Å². The number of alkyl halides is 3. The second-order valence-electron chi connectivity index (χ2n) is 3.29. The molecule has 0 N–H and O–H groups in total. The Morgan fingerprint density at radius 2 is 1.69 bits per heavy atom. The fraction of sp³-hybridized carbons (Fsp3) is 0.100. The first-order valence-electron chi connectivity index (χ1n) is 4.46. The lowest BCUT2D eigenvalue weighted by Crippen LogP contribution is -2.32. The molecule has 1 nitrogen and oxygen atoms in total. The standard InChI is InChI=1S/C9H6N.CF3.BrH.Mg/c1-2-6-9-8(4-1)5-3-7-10-9;2-1(3)4;;/h1-6H;;1H;. The summed E-state index contributed by atoms with van der Waals surface area (Å²) in [5.41, 5.74) is 0.631. The first-order valence-corrected chi connectivity index (χ1v) is 5.87. The summed E-state index contributed by atoms with van der Waals surface area (Å²) in [6.07, 6.45) is 0. The quantitative estimate of drug-likeness (QED) is 0.738. The molecule has 0 spiro atoms. The first-order chi connectivity index (χ1) is 7.04. The van der Waals surface area contributed by atoms with E-state index in [9.17, 15) is 13.2 Å². The van der Waals surface area contributed by atoms with Gasteiger partial charge in [0.05, 0.1) is 5.52 Å². The van der Waals surface area contributed by atoms with Crippen LogP contribution in [0.3, 0.4) is 0 Å². The van der Waals surface area contributed by atoms with Crippen molar-refractivity contribution in [3.05, 3.63) is 36.4 Å². The molecule has 0 aliphatic carbocycles. The average Bonchev–Trinajstić information content (AvgIpc) is 2.15. The fourth-order valence-corrected chi connectivity index (χ4v) is 2.31. The van der Waals surface area contributed by atoms with Crippen molar-refractivity contribution in [1.82, 2.24) is 4.98 Å². The molecule has 16 heavy (non-hydrogen) atoms. The summed E-state index contributed by atoms with van der Waals surface area (Å²) in [6.45, 7) is 0. The van der Waals surface area contributed by atoms with Crippen molar-refractivity contribution in [3.63, 3.8) is 0 Å². The Hall–Kier alpha value is -0.334. The van der Waals surface area contributed by atoms with Crippen LogP contribution in [0.2, 0.25) is 0 Å². The first kappa shape index (κ1) is 13.7. The maximum atomic E-state index is 12.2. The van der Waals surface area contributed by atoms with Gasteiger partial charge in [-0.15, -0.1) is 17.0 Å². The molecule has 2 rings (SSSR count).